The molecule has 1 saturated heterocycles. The van der Waals surface area contributed by atoms with E-state index in [0.29, 0.717) is 41.1 Å². The second-order valence-electron chi connectivity index (χ2n) is 26.6. The molecule has 0 atom stereocenters. The maximum Gasteiger partial charge on any atom is 0.221 e. The summed E-state index contributed by atoms with van der Waals surface area (Å²) in [6.45, 7) is 16.4. The smallest absolute Gasteiger partial charge is 0.221 e. The van der Waals surface area contributed by atoms with E-state index < -0.39 is 45.9 Å². The molecule has 0 spiro atoms. The summed E-state index contributed by atoms with van der Waals surface area (Å²) in [7, 11) is 8.20. The Morgan fingerprint density at radius 1 is 0.528 bits per heavy atom. The van der Waals surface area contributed by atoms with E-state index in [0.717, 1.165) is 54.6 Å². The first-order chi connectivity index (χ1) is 52.4. The Labute approximate surface area is 645 Å². The largest absolute Gasteiger partial charge is 0.285 e. The van der Waals surface area contributed by atoms with Crippen molar-refractivity contribution in [3.63, 3.8) is 0 Å². The van der Waals surface area contributed by atoms with Crippen molar-refractivity contribution < 1.29 is 34.8 Å². The molecule has 1 N–H and O–H groups in total. The summed E-state index contributed by atoms with van der Waals surface area (Å²) >= 11 is -0.106. The van der Waals surface area contributed by atoms with Gasteiger partial charge >= 0.3 is 48.2 Å². The number of pyridine rings is 2. The number of aromatic nitrogens is 16. The third-order valence-electron chi connectivity index (χ3n) is 17.2. The Kier molecular flexibility index (Phi) is 26.0. The standard InChI is InChI=1S/2C18H15P.C17H12N8.C15H12N6.C14H23BN2O4.2ClH.Pd/c2*1-4-10-16(11-5-1)19(17-12-6-2-7-13-17)18-14-8-3-9-15-18;1-2-12-6-11(3-4-14(12)18-5-1)10-25-17-16(23-24-25)19-9-15(22-17)13-7-20-21-8-13;1-10-8-17-14-15(18-10)21(20-19-14)9-11-4-5-13-12(7-11)3-2-6-16-13;1-12(2,3)19-11(18)17-9-10(8-16-17)15-20-13(4,5)14(6,7)21-15;;;/h2*1-15H;1-9H,10H2,(H,20,21);2-8H,9H2,1H3;8-9H,1-7H3;2*1H;/q;;;;;;;+2/p-2. The molecule has 1 aliphatic rings. The molecule has 0 unspecified atom stereocenters. The summed E-state index contributed by atoms with van der Waals surface area (Å²) in [5.74, 6) is 0. The van der Waals surface area contributed by atoms with Gasteiger partial charge in [-0.05, 0) is 151 Å². The first kappa shape index (κ1) is 77.1. The van der Waals surface area contributed by atoms with Crippen molar-refractivity contribution in [1.29, 1.82) is 0 Å². The summed E-state index contributed by atoms with van der Waals surface area (Å²) in [5.41, 5.74) is 8.37. The molecule has 17 rings (SSSR count). The zero-order chi connectivity index (χ0) is 75.5. The second-order valence-corrected chi connectivity index (χ2v) is 33.4. The molecule has 546 valence electrons. The van der Waals surface area contributed by atoms with E-state index in [1.807, 2.05) is 97.9 Å². The third-order valence-corrected chi connectivity index (χ3v) is 22.1. The number of H-pyrrole nitrogens is 1. The fraction of sp³-hybridized carbons (Fsp3) is 0.159. The van der Waals surface area contributed by atoms with Gasteiger partial charge in [0, 0.05) is 52.8 Å². The number of hydrogen-bond donors (Lipinski definition) is 1. The molecule has 9 heterocycles. The van der Waals surface area contributed by atoms with E-state index in [2.05, 4.69) is 266 Å². The molecule has 1 aliphatic heterocycles. The molecule has 108 heavy (non-hydrogen) atoms. The van der Waals surface area contributed by atoms with Crippen LogP contribution in [0.25, 0.3) is 55.7 Å². The summed E-state index contributed by atoms with van der Waals surface area (Å²) in [6, 6.07) is 84.9. The predicted octanol–water partition coefficient (Wildman–Crippen LogP) is 14.6. The van der Waals surface area contributed by atoms with Gasteiger partial charge in [-0.25, -0.2) is 34.1 Å². The molecule has 20 nitrogen and oxygen atoms in total. The number of carbonyl (C=O) groups is 1. The van der Waals surface area contributed by atoms with E-state index in [1.165, 1.54) is 31.8 Å². The molecule has 26 heteroatoms. The van der Waals surface area contributed by atoms with Gasteiger partial charge in [-0.15, -0.1) is 10.2 Å². The van der Waals surface area contributed by atoms with Crippen LogP contribution in [0.1, 0.15) is 65.3 Å². The number of rotatable bonds is 12. The number of nitrogens with one attached hydrogen (secondary N) is 1. The molecular weight excluding hydrogens is 1520 g/mol. The van der Waals surface area contributed by atoms with Gasteiger partial charge in [0.25, 0.3) is 0 Å². The summed E-state index contributed by atoms with van der Waals surface area (Å²) in [6.07, 6.45) is 13.1. The Bertz CT molecular complexity index is 5200. The zero-order valence-corrected chi connectivity index (χ0v) is 65.4. The Morgan fingerprint density at radius 3 is 1.33 bits per heavy atom. The zero-order valence-electron chi connectivity index (χ0n) is 60.5. The number of nitrogens with zero attached hydrogens (tertiary/aromatic N) is 15. The monoisotopic (exact) mass is 1600 g/mol. The summed E-state index contributed by atoms with van der Waals surface area (Å²) < 4.78 is 21.8. The minimum absolute atomic E-state index is 0.106. The van der Waals surface area contributed by atoms with E-state index in [-0.39, 0.29) is 15.9 Å². The van der Waals surface area contributed by atoms with Crippen LogP contribution in [0.2, 0.25) is 0 Å². The summed E-state index contributed by atoms with van der Waals surface area (Å²) in [4.78, 5) is 38.3. The summed E-state index contributed by atoms with van der Waals surface area (Å²) in [5, 5.41) is 37.8. The molecule has 0 saturated carbocycles. The van der Waals surface area contributed by atoms with Gasteiger partial charge in [0.15, 0.2) is 11.3 Å². The van der Waals surface area contributed by atoms with Crippen molar-refractivity contribution in [3.05, 3.63) is 309 Å². The molecule has 8 aromatic carbocycles. The van der Waals surface area contributed by atoms with Crippen LogP contribution in [0.15, 0.2) is 292 Å². The van der Waals surface area contributed by atoms with Crippen LogP contribution in [0.3, 0.4) is 0 Å². The van der Waals surface area contributed by atoms with Crippen LogP contribution in [-0.4, -0.2) is 110 Å². The first-order valence-electron chi connectivity index (χ1n) is 34.5. The number of halogens is 2. The van der Waals surface area contributed by atoms with Gasteiger partial charge in [0.1, 0.15) is 5.60 Å². The second kappa shape index (κ2) is 36.4. The van der Waals surface area contributed by atoms with E-state index in [9.17, 15) is 4.79 Å². The Hall–Kier alpha value is -10.5. The van der Waals surface area contributed by atoms with Crippen molar-refractivity contribution in [1.82, 2.24) is 79.9 Å². The number of hydrogen-bond acceptors (Lipinski definition) is 16. The van der Waals surface area contributed by atoms with Gasteiger partial charge in [0.05, 0.1) is 65.3 Å². The minimum Gasteiger partial charge on any atom is -0.285 e. The normalized spacial score (nSPS) is 12.8. The number of carbonyl (C=O) groups excluding carboxylic acids is 1. The van der Waals surface area contributed by atoms with Gasteiger partial charge in [-0.3, -0.25) is 15.1 Å². The Balaban J connectivity index is 0.000000125. The van der Waals surface area contributed by atoms with Crippen LogP contribution < -0.4 is 37.3 Å². The number of ether oxygens (including phenoxy) is 1. The van der Waals surface area contributed by atoms with Crippen molar-refractivity contribution >= 4 is 130 Å². The molecular formula is C82H77BCl2N16O4P2Pd. The van der Waals surface area contributed by atoms with Crippen LogP contribution in [0.4, 0.5) is 4.79 Å². The topological polar surface area (TPSA) is 230 Å². The minimum atomic E-state index is -0.562. The quantitative estimate of drug-likeness (QED) is 0.0885. The van der Waals surface area contributed by atoms with Crippen LogP contribution in [0, 0.1) is 6.92 Å². The molecule has 0 aliphatic carbocycles. The van der Waals surface area contributed by atoms with Gasteiger partial charge in [0.2, 0.25) is 11.3 Å². The number of aromatic amines is 1. The number of benzene rings is 8. The maximum atomic E-state index is 11.9. The molecule has 0 radical (unpaired) electrons. The fourth-order valence-corrected chi connectivity index (χ4v) is 15.9. The van der Waals surface area contributed by atoms with Gasteiger partial charge in [-0.1, -0.05) is 217 Å². The maximum absolute atomic E-state index is 11.9. The van der Waals surface area contributed by atoms with Crippen molar-refractivity contribution in [3.8, 4) is 11.3 Å². The Morgan fingerprint density at radius 2 is 0.935 bits per heavy atom. The number of aryl methyl sites for hydroxylation is 1. The third kappa shape index (κ3) is 20.2. The number of fused-ring (bicyclic) bond motifs is 4. The van der Waals surface area contributed by atoms with Crippen LogP contribution in [-0.2, 0) is 43.1 Å². The molecule has 0 amide bonds. The molecule has 0 bridgehead atoms. The van der Waals surface area contributed by atoms with Crippen LogP contribution in [0.5, 0.6) is 0 Å². The van der Waals surface area contributed by atoms with E-state index in [1.54, 1.807) is 58.9 Å². The average molecular weight is 1600 g/mol. The molecule has 8 aromatic heterocycles. The van der Waals surface area contributed by atoms with Gasteiger partial charge < -0.3 is 14.0 Å². The van der Waals surface area contributed by atoms with Crippen LogP contribution >= 0.6 is 34.9 Å². The van der Waals surface area contributed by atoms with Crippen molar-refractivity contribution in [2.24, 2.45) is 0 Å². The van der Waals surface area contributed by atoms with E-state index >= 15 is 0 Å². The predicted molar refractivity (Wildman–Crippen MR) is 432 cm³/mol. The fourth-order valence-electron chi connectivity index (χ4n) is 11.3. The van der Waals surface area contributed by atoms with Crippen molar-refractivity contribution in [2.75, 3.05) is 0 Å². The SMILES string of the molecule is CC(C)(C)OC(=O)n1cc(B2OC(C)(C)C(C)(C)O2)cn1.Cc1cnc2nnn(Cc3ccc4ncccc4c3)c2n1.[Cl][Pd][Cl].c1ccc(P(c2ccccc2)c2ccccc2)cc1.c1ccc(P(c2ccccc2)c2ccccc2)cc1.c1cnc2ccc(Cn3nnc4ncc(-c5cn[nH]c5)nc43)cc2c1. The van der Waals surface area contributed by atoms with Gasteiger partial charge in [-0.2, -0.15) is 14.9 Å². The molecule has 1 fully saturated rings. The average Bonchev–Trinajstić information content (AvgIpc) is 1.62. The van der Waals surface area contributed by atoms with E-state index in [4.69, 9.17) is 33.1 Å². The van der Waals surface area contributed by atoms with Crippen molar-refractivity contribution in [2.45, 2.75) is 85.3 Å². The first-order valence-corrected chi connectivity index (χ1v) is 41.2. The molecule has 16 aromatic rings.